The summed E-state index contributed by atoms with van der Waals surface area (Å²) in [6.45, 7) is 4.34. The predicted octanol–water partition coefficient (Wildman–Crippen LogP) is 0.407. The average Bonchev–Trinajstić information content (AvgIpc) is 2.11. The Morgan fingerprint density at radius 2 is 1.65 bits per heavy atom. The van der Waals surface area contributed by atoms with Crippen molar-refractivity contribution in [2.24, 2.45) is 0 Å². The van der Waals surface area contributed by atoms with Gasteiger partial charge < -0.3 is 0 Å². The molecule has 17 heavy (non-hydrogen) atoms. The van der Waals surface area contributed by atoms with Crippen molar-refractivity contribution in [1.82, 2.24) is 3.94 Å². The van der Waals surface area contributed by atoms with Crippen molar-refractivity contribution in [2.75, 3.05) is 25.1 Å². The van der Waals surface area contributed by atoms with E-state index in [1.807, 2.05) is 27.9 Å². The van der Waals surface area contributed by atoms with E-state index >= 15 is 0 Å². The maximum absolute atomic E-state index is 12.2. The zero-order chi connectivity index (χ0) is 13.9. The standard InChI is InChI=1S/C9H18Cl2F3IN2/c1-8(2,16(10)11)5-6-17(3,4)15-7-9(12,13)14/h5-7H2,1-4H3. The van der Waals surface area contributed by atoms with E-state index in [1.54, 1.807) is 0 Å². The molecule has 0 aliphatic heterocycles. The van der Waals surface area contributed by atoms with Crippen LogP contribution in [0.4, 0.5) is 13.2 Å². The molecule has 106 valence electrons. The molecule has 8 heteroatoms. The first kappa shape index (κ1) is 18.0. The minimum absolute atomic E-state index is 0.406. The molecule has 0 aromatic rings. The molecule has 0 heterocycles. The molecule has 0 saturated carbocycles. The second-order valence-corrected chi connectivity index (χ2v) is 9.83. The molecule has 0 fully saturated rings. The molecule has 0 aromatic carbocycles. The topological polar surface area (TPSA) is 3.24 Å². The van der Waals surface area contributed by atoms with Crippen LogP contribution in [-0.4, -0.2) is 43.4 Å². The number of halogens is 6. The molecular weight excluding hydrogens is 391 g/mol. The molecule has 0 aromatic heterocycles. The molecule has 0 aliphatic rings. The van der Waals surface area contributed by atoms with E-state index in [0.29, 0.717) is 15.7 Å². The van der Waals surface area contributed by atoms with Gasteiger partial charge in [-0.1, -0.05) is 0 Å². The van der Waals surface area contributed by atoms with Crippen LogP contribution in [0.1, 0.15) is 20.3 Å². The molecule has 0 spiro atoms. The molecule has 0 aliphatic carbocycles. The fraction of sp³-hybridized carbons (Fsp3) is 1.00. The van der Waals surface area contributed by atoms with Crippen molar-refractivity contribution >= 4 is 23.6 Å². The predicted molar refractivity (Wildman–Crippen MR) is 60.1 cm³/mol. The van der Waals surface area contributed by atoms with Crippen LogP contribution in [0, 0.1) is 0 Å². The Morgan fingerprint density at radius 1 is 1.18 bits per heavy atom. The molecular formula is C9H18Cl2F3IN2. The summed E-state index contributed by atoms with van der Waals surface area (Å²) < 4.78 is 37.3. The number of rotatable bonds is 6. The van der Waals surface area contributed by atoms with Gasteiger partial charge in [0.25, 0.3) is 0 Å². The summed E-state index contributed by atoms with van der Waals surface area (Å²) in [6.07, 6.45) is -3.41. The SMILES string of the molecule is CC(C)(CC[N+](C)(C)[I-]CC(F)(F)F)N(Cl)Cl. The van der Waals surface area contributed by atoms with Gasteiger partial charge in [0.15, 0.2) is 0 Å². The van der Waals surface area contributed by atoms with Crippen LogP contribution >= 0.6 is 23.6 Å². The van der Waals surface area contributed by atoms with E-state index in [2.05, 4.69) is 0 Å². The van der Waals surface area contributed by atoms with Crippen LogP contribution in [0.2, 0.25) is 0 Å². The van der Waals surface area contributed by atoms with Crippen LogP contribution < -0.4 is 21.5 Å². The summed E-state index contributed by atoms with van der Waals surface area (Å²) in [5.41, 5.74) is -0.430. The average molecular weight is 409 g/mol. The van der Waals surface area contributed by atoms with Gasteiger partial charge in [-0.25, -0.2) is 0 Å². The first-order valence-electron chi connectivity index (χ1n) is 4.98. The fourth-order valence-electron chi connectivity index (χ4n) is 0.913. The number of hydrogen-bond acceptors (Lipinski definition) is 1. The Morgan fingerprint density at radius 3 is 2.00 bits per heavy atom. The van der Waals surface area contributed by atoms with Gasteiger partial charge in [-0.05, 0) is 0 Å². The summed E-state index contributed by atoms with van der Waals surface area (Å²) in [4.78, 5) is 0. The van der Waals surface area contributed by atoms with Gasteiger partial charge in [0, 0.05) is 0 Å². The summed E-state index contributed by atoms with van der Waals surface area (Å²) in [7, 11) is 3.64. The van der Waals surface area contributed by atoms with Gasteiger partial charge in [0.1, 0.15) is 0 Å². The van der Waals surface area contributed by atoms with E-state index < -0.39 is 37.6 Å². The molecule has 0 atom stereocenters. The third kappa shape index (κ3) is 8.69. The van der Waals surface area contributed by atoms with E-state index in [0.717, 1.165) is 3.94 Å². The zero-order valence-electron chi connectivity index (χ0n) is 10.3. The fourth-order valence-corrected chi connectivity index (χ4v) is 2.97. The summed E-state index contributed by atoms with van der Waals surface area (Å²) in [5.74, 6) is 0. The quantitative estimate of drug-likeness (QED) is 0.349. The molecule has 0 saturated heterocycles. The Labute approximate surface area is 121 Å². The second kappa shape index (κ2) is 6.45. The Balaban J connectivity index is 4.19. The third-order valence-electron chi connectivity index (χ3n) is 2.25. The third-order valence-corrected chi connectivity index (χ3v) is 6.70. The molecule has 0 amide bonds. The molecule has 0 N–H and O–H groups in total. The molecule has 0 unspecified atom stereocenters. The molecule has 0 radical (unpaired) electrons. The van der Waals surface area contributed by atoms with Gasteiger partial charge >= 0.3 is 122 Å². The summed E-state index contributed by atoms with van der Waals surface area (Å²) in [5, 5.41) is 0. The first-order chi connectivity index (χ1) is 7.36. The van der Waals surface area contributed by atoms with Crippen LogP contribution in [0.15, 0.2) is 0 Å². The van der Waals surface area contributed by atoms with Crippen molar-refractivity contribution in [2.45, 2.75) is 32.0 Å². The summed E-state index contributed by atoms with van der Waals surface area (Å²) in [6, 6.07) is 0. The Kier molecular flexibility index (Phi) is 6.84. The van der Waals surface area contributed by atoms with Gasteiger partial charge in [-0.15, -0.1) is 0 Å². The molecule has 0 rings (SSSR count). The van der Waals surface area contributed by atoms with Crippen molar-refractivity contribution in [3.05, 3.63) is 0 Å². The van der Waals surface area contributed by atoms with E-state index in [1.165, 1.54) is 0 Å². The number of hydrogen-bond donors (Lipinski definition) is 0. The van der Waals surface area contributed by atoms with Gasteiger partial charge in [0.05, 0.1) is 0 Å². The number of quaternary nitrogens is 1. The zero-order valence-corrected chi connectivity index (χ0v) is 14.0. The van der Waals surface area contributed by atoms with Crippen LogP contribution in [0.5, 0.6) is 0 Å². The minimum atomic E-state index is -4.05. The number of nitrogens with zero attached hydrogens (tertiary/aromatic N) is 2. The molecule has 2 nitrogen and oxygen atoms in total. The first-order valence-corrected chi connectivity index (χ1v) is 8.15. The van der Waals surface area contributed by atoms with Gasteiger partial charge in [0.2, 0.25) is 0 Å². The van der Waals surface area contributed by atoms with E-state index in [-0.39, 0.29) is 0 Å². The maximum atomic E-state index is 12.2. The summed E-state index contributed by atoms with van der Waals surface area (Å²) >= 11 is 10.4. The van der Waals surface area contributed by atoms with E-state index in [9.17, 15) is 13.2 Å². The second-order valence-electron chi connectivity index (χ2n) is 4.92. The normalized spacial score (nSPS) is 14.7. The Hall–Kier alpha value is 1.02. The van der Waals surface area contributed by atoms with Crippen molar-refractivity contribution in [1.29, 1.82) is 0 Å². The van der Waals surface area contributed by atoms with Crippen LogP contribution in [0.25, 0.3) is 0 Å². The van der Waals surface area contributed by atoms with Crippen molar-refractivity contribution in [3.63, 3.8) is 0 Å². The van der Waals surface area contributed by atoms with Crippen LogP contribution in [0.3, 0.4) is 0 Å². The van der Waals surface area contributed by atoms with Crippen molar-refractivity contribution in [3.8, 4) is 0 Å². The van der Waals surface area contributed by atoms with Crippen LogP contribution in [-0.2, 0) is 0 Å². The van der Waals surface area contributed by atoms with Gasteiger partial charge in [-0.3, -0.25) is 0 Å². The monoisotopic (exact) mass is 408 g/mol. The molecule has 0 bridgehead atoms. The Bertz CT molecular complexity index is 245. The van der Waals surface area contributed by atoms with E-state index in [4.69, 9.17) is 23.6 Å². The van der Waals surface area contributed by atoms with Gasteiger partial charge in [-0.2, -0.15) is 0 Å². The number of alkyl halides is 4. The van der Waals surface area contributed by atoms with Crippen molar-refractivity contribution < 1.29 is 37.3 Å².